The molecule has 0 heterocycles. The molecule has 0 fully saturated rings. The van der Waals surface area contributed by atoms with Crippen molar-refractivity contribution in [3.63, 3.8) is 0 Å². The van der Waals surface area contributed by atoms with Gasteiger partial charge in [-0.05, 0) is 61.0 Å². The lowest BCUT2D eigenvalue weighted by Gasteiger charge is -2.35. The fourth-order valence-corrected chi connectivity index (χ4v) is 4.74. The summed E-state index contributed by atoms with van der Waals surface area (Å²) in [6.45, 7) is 8.76. The summed E-state index contributed by atoms with van der Waals surface area (Å²) in [4.78, 5) is 0. The van der Waals surface area contributed by atoms with Gasteiger partial charge in [-0.2, -0.15) is 0 Å². The van der Waals surface area contributed by atoms with Crippen molar-refractivity contribution in [2.24, 2.45) is 5.73 Å². The van der Waals surface area contributed by atoms with Crippen molar-refractivity contribution in [3.8, 4) is 11.1 Å². The number of rotatable bonds is 13. The van der Waals surface area contributed by atoms with E-state index in [1.165, 1.54) is 11.1 Å². The van der Waals surface area contributed by atoms with E-state index in [1.807, 2.05) is 24.3 Å². The maximum atomic E-state index is 13.7. The summed E-state index contributed by atoms with van der Waals surface area (Å²) in [5.74, 6) is -2.80. The maximum Gasteiger partial charge on any atom is 0.262 e. The summed E-state index contributed by atoms with van der Waals surface area (Å²) in [6.07, 6.45) is 4.75. The summed E-state index contributed by atoms with van der Waals surface area (Å²) < 4.78 is 27.3. The lowest BCUT2D eigenvalue weighted by Crippen LogP contribution is -2.39. The average molecular weight is 442 g/mol. The first kappa shape index (κ1) is 24.4. The van der Waals surface area contributed by atoms with E-state index in [1.54, 1.807) is 0 Å². The van der Waals surface area contributed by atoms with E-state index < -0.39 is 17.9 Å². The van der Waals surface area contributed by atoms with Crippen LogP contribution in [0.4, 0.5) is 8.78 Å². The molecule has 1 unspecified atom stereocenters. The number of hydrogen-bond donors (Lipinski definition) is 3. The molecule has 3 nitrogen and oxygen atoms in total. The van der Waals surface area contributed by atoms with Crippen molar-refractivity contribution in [2.45, 2.75) is 63.3 Å². The highest BCUT2D eigenvalue weighted by atomic mass is 19.3. The van der Waals surface area contributed by atoms with Gasteiger partial charge in [-0.1, -0.05) is 68.5 Å². The van der Waals surface area contributed by atoms with Crippen molar-refractivity contribution in [2.75, 3.05) is 19.6 Å². The van der Waals surface area contributed by atoms with Crippen LogP contribution in [0, 0.1) is 0 Å². The van der Waals surface area contributed by atoms with Gasteiger partial charge in [0, 0.05) is 18.7 Å². The average Bonchev–Trinajstić information content (AvgIpc) is 3.07. The van der Waals surface area contributed by atoms with Gasteiger partial charge >= 0.3 is 0 Å². The van der Waals surface area contributed by atoms with Crippen LogP contribution in [-0.2, 0) is 5.41 Å². The van der Waals surface area contributed by atoms with E-state index >= 15 is 0 Å². The number of nitrogens with two attached hydrogens (primary N) is 1. The second-order valence-electron chi connectivity index (χ2n) is 9.06. The van der Waals surface area contributed by atoms with Crippen LogP contribution in [0.1, 0.15) is 57.1 Å². The Balaban J connectivity index is 1.79. The summed E-state index contributed by atoms with van der Waals surface area (Å²) in [5.41, 5.74) is 10.8. The summed E-state index contributed by atoms with van der Waals surface area (Å²) >= 11 is 0. The molecule has 0 aromatic heterocycles. The third kappa shape index (κ3) is 5.38. The molecule has 0 amide bonds. The Morgan fingerprint density at radius 1 is 1.03 bits per heavy atom. The molecular formula is C27H37F2N3. The second kappa shape index (κ2) is 10.6. The van der Waals surface area contributed by atoms with Gasteiger partial charge in [-0.15, -0.1) is 0 Å². The Kier molecular flexibility index (Phi) is 8.07. The molecule has 174 valence electrons. The van der Waals surface area contributed by atoms with Gasteiger partial charge in [0.1, 0.15) is 0 Å². The SMILES string of the molecule is C=C(NCC(C)(F)F)C1(CCCCNCCC(N)CC)c2ccccc2-c2ccccc21. The zero-order valence-corrected chi connectivity index (χ0v) is 19.4. The topological polar surface area (TPSA) is 50.1 Å². The molecule has 0 saturated carbocycles. The molecule has 2 aromatic carbocycles. The molecule has 1 aliphatic rings. The molecule has 3 rings (SSSR count). The lowest BCUT2D eigenvalue weighted by molar-refractivity contribution is 0.0244. The molecule has 2 aromatic rings. The first-order chi connectivity index (χ1) is 15.3. The largest absolute Gasteiger partial charge is 0.382 e. The quantitative estimate of drug-likeness (QED) is 0.355. The minimum atomic E-state index is -2.80. The normalized spacial score (nSPS) is 15.2. The number of benzene rings is 2. The zero-order chi connectivity index (χ0) is 23.2. The standard InChI is InChI=1S/C27H37F2N3/c1-4-21(30)15-18-31-17-10-9-16-27(20(2)32-19-26(3,28)29)24-13-7-5-11-22(24)23-12-6-8-14-25(23)27/h5-8,11-14,21,31-32H,2,4,9-10,15-19,30H2,1,3H3. The third-order valence-electron chi connectivity index (χ3n) is 6.56. The second-order valence-corrected chi connectivity index (χ2v) is 9.06. The molecule has 0 saturated heterocycles. The molecule has 1 aliphatic carbocycles. The molecule has 5 heteroatoms. The van der Waals surface area contributed by atoms with Gasteiger partial charge in [0.25, 0.3) is 5.92 Å². The number of fused-ring (bicyclic) bond motifs is 3. The Bertz CT molecular complexity index is 858. The van der Waals surface area contributed by atoms with Gasteiger partial charge in [-0.25, -0.2) is 8.78 Å². The zero-order valence-electron chi connectivity index (χ0n) is 19.4. The first-order valence-corrected chi connectivity index (χ1v) is 11.8. The van der Waals surface area contributed by atoms with Gasteiger partial charge in [0.2, 0.25) is 0 Å². The van der Waals surface area contributed by atoms with Gasteiger partial charge in [0.15, 0.2) is 0 Å². The van der Waals surface area contributed by atoms with Crippen molar-refractivity contribution in [3.05, 3.63) is 71.9 Å². The fourth-order valence-electron chi connectivity index (χ4n) is 4.74. The van der Waals surface area contributed by atoms with Crippen molar-refractivity contribution >= 4 is 0 Å². The van der Waals surface area contributed by atoms with Gasteiger partial charge in [-0.3, -0.25) is 0 Å². The molecule has 0 spiro atoms. The van der Waals surface area contributed by atoms with Crippen LogP contribution in [-0.4, -0.2) is 31.6 Å². The van der Waals surface area contributed by atoms with E-state index in [2.05, 4.69) is 48.4 Å². The fraction of sp³-hybridized carbons (Fsp3) is 0.481. The maximum absolute atomic E-state index is 13.7. The van der Waals surface area contributed by atoms with E-state index in [4.69, 9.17) is 5.73 Å². The Morgan fingerprint density at radius 3 is 2.19 bits per heavy atom. The Labute approximate surface area is 191 Å². The predicted molar refractivity (Wildman–Crippen MR) is 130 cm³/mol. The van der Waals surface area contributed by atoms with Crippen LogP contribution in [0.5, 0.6) is 0 Å². The van der Waals surface area contributed by atoms with E-state index in [9.17, 15) is 8.78 Å². The molecule has 0 radical (unpaired) electrons. The van der Waals surface area contributed by atoms with Crippen LogP contribution in [0.25, 0.3) is 11.1 Å². The number of nitrogens with one attached hydrogen (secondary N) is 2. The van der Waals surface area contributed by atoms with Crippen LogP contribution in [0.2, 0.25) is 0 Å². The van der Waals surface area contributed by atoms with Crippen LogP contribution in [0.15, 0.2) is 60.8 Å². The van der Waals surface area contributed by atoms with Crippen molar-refractivity contribution in [1.82, 2.24) is 10.6 Å². The molecule has 0 aliphatic heterocycles. The first-order valence-electron chi connectivity index (χ1n) is 11.8. The van der Waals surface area contributed by atoms with Crippen molar-refractivity contribution < 1.29 is 8.78 Å². The smallest absolute Gasteiger partial charge is 0.262 e. The summed E-state index contributed by atoms with van der Waals surface area (Å²) in [7, 11) is 0. The lowest BCUT2D eigenvalue weighted by atomic mass is 9.72. The minimum absolute atomic E-state index is 0.253. The number of unbranched alkanes of at least 4 members (excludes halogenated alkanes) is 1. The van der Waals surface area contributed by atoms with E-state index in [0.29, 0.717) is 5.70 Å². The molecule has 32 heavy (non-hydrogen) atoms. The molecule has 1 atom stereocenters. The summed E-state index contributed by atoms with van der Waals surface area (Å²) in [6, 6.07) is 16.9. The van der Waals surface area contributed by atoms with Crippen LogP contribution < -0.4 is 16.4 Å². The van der Waals surface area contributed by atoms with E-state index in [0.717, 1.165) is 63.2 Å². The van der Waals surface area contributed by atoms with Crippen LogP contribution in [0.3, 0.4) is 0 Å². The van der Waals surface area contributed by atoms with Crippen molar-refractivity contribution in [1.29, 1.82) is 0 Å². The molecule has 0 bridgehead atoms. The highest BCUT2D eigenvalue weighted by molar-refractivity contribution is 5.82. The van der Waals surface area contributed by atoms with E-state index in [-0.39, 0.29) is 6.04 Å². The van der Waals surface area contributed by atoms with Gasteiger partial charge < -0.3 is 16.4 Å². The van der Waals surface area contributed by atoms with Crippen LogP contribution >= 0.6 is 0 Å². The number of hydrogen-bond acceptors (Lipinski definition) is 3. The third-order valence-corrected chi connectivity index (χ3v) is 6.56. The number of halogens is 2. The highest BCUT2D eigenvalue weighted by Gasteiger charge is 2.45. The molecule has 4 N–H and O–H groups in total. The Morgan fingerprint density at radius 2 is 1.62 bits per heavy atom. The van der Waals surface area contributed by atoms with Gasteiger partial charge in [0.05, 0.1) is 12.0 Å². The number of alkyl halides is 2. The molecular weight excluding hydrogens is 404 g/mol. The number of allylic oxidation sites excluding steroid dienone is 1. The Hall–Kier alpha value is -2.24. The monoisotopic (exact) mass is 441 g/mol. The summed E-state index contributed by atoms with van der Waals surface area (Å²) in [5, 5.41) is 6.48. The highest BCUT2D eigenvalue weighted by Crippen LogP contribution is 2.54. The predicted octanol–water partition coefficient (Wildman–Crippen LogP) is 5.60. The minimum Gasteiger partial charge on any atom is -0.382 e.